The van der Waals surface area contributed by atoms with Gasteiger partial charge in [0.25, 0.3) is 11.5 Å². The molecule has 0 spiro atoms. The molecule has 2 aromatic carbocycles. The maximum atomic E-state index is 13.4. The third-order valence-corrected chi connectivity index (χ3v) is 5.27. The van der Waals surface area contributed by atoms with E-state index in [1.54, 1.807) is 48.3 Å². The summed E-state index contributed by atoms with van der Waals surface area (Å²) in [6.07, 6.45) is 0.00494. The van der Waals surface area contributed by atoms with Gasteiger partial charge < -0.3 is 15.0 Å². The van der Waals surface area contributed by atoms with Crippen LogP contribution in [0.1, 0.15) is 19.0 Å². The van der Waals surface area contributed by atoms with Gasteiger partial charge in [0.05, 0.1) is 29.7 Å². The van der Waals surface area contributed by atoms with Gasteiger partial charge >= 0.3 is 0 Å². The molecule has 0 bridgehead atoms. The second kappa shape index (κ2) is 8.59. The van der Waals surface area contributed by atoms with E-state index in [1.807, 2.05) is 19.1 Å². The highest BCUT2D eigenvalue weighted by Crippen LogP contribution is 2.33. The van der Waals surface area contributed by atoms with Crippen LogP contribution in [0.3, 0.4) is 0 Å². The molecule has 3 aromatic rings. The molecule has 0 saturated carbocycles. The molecule has 1 N–H and O–H groups in total. The Balaban J connectivity index is 1.66. The quantitative estimate of drug-likeness (QED) is 0.679. The van der Waals surface area contributed by atoms with E-state index in [0.29, 0.717) is 34.4 Å². The summed E-state index contributed by atoms with van der Waals surface area (Å²) in [4.78, 5) is 39.8. The highest BCUT2D eigenvalue weighted by atomic mass is 16.5. The monoisotopic (exact) mass is 420 g/mol. The minimum atomic E-state index is -0.796. The maximum Gasteiger partial charge on any atom is 0.274 e. The first-order valence-electron chi connectivity index (χ1n) is 10.3. The molecular formula is C23H24N4O4. The molecule has 0 fully saturated rings. The summed E-state index contributed by atoms with van der Waals surface area (Å²) in [5.41, 5.74) is 0.913. The Morgan fingerprint density at radius 2 is 1.84 bits per heavy atom. The number of aryl methyl sites for hydroxylation is 1. The predicted octanol–water partition coefficient (Wildman–Crippen LogP) is 1.80. The Kier molecular flexibility index (Phi) is 5.70. The zero-order chi connectivity index (χ0) is 22.0. The Morgan fingerprint density at radius 3 is 2.61 bits per heavy atom. The third kappa shape index (κ3) is 4.01. The fourth-order valence-electron chi connectivity index (χ4n) is 3.71. The van der Waals surface area contributed by atoms with Crippen molar-refractivity contribution in [3.8, 4) is 5.75 Å². The van der Waals surface area contributed by atoms with Crippen LogP contribution >= 0.6 is 0 Å². The van der Waals surface area contributed by atoms with Crippen molar-refractivity contribution in [1.82, 2.24) is 15.1 Å². The molecule has 31 heavy (non-hydrogen) atoms. The van der Waals surface area contributed by atoms with Crippen LogP contribution in [0.25, 0.3) is 10.8 Å². The molecule has 1 atom stereocenters. The summed E-state index contributed by atoms with van der Waals surface area (Å²) in [7, 11) is 1.57. The van der Waals surface area contributed by atoms with Crippen LogP contribution in [-0.2, 0) is 23.1 Å². The first-order valence-corrected chi connectivity index (χ1v) is 10.3. The minimum Gasteiger partial charge on any atom is -0.477 e. The number of hydrogen-bond donors (Lipinski definition) is 1. The van der Waals surface area contributed by atoms with Crippen molar-refractivity contribution in [3.05, 3.63) is 64.6 Å². The number of ether oxygens (including phenoxy) is 1. The average Bonchev–Trinajstić information content (AvgIpc) is 2.80. The summed E-state index contributed by atoms with van der Waals surface area (Å²) in [5, 5.41) is 8.33. The molecule has 1 aromatic heterocycles. The van der Waals surface area contributed by atoms with Crippen LogP contribution in [0.15, 0.2) is 53.3 Å². The van der Waals surface area contributed by atoms with E-state index < -0.39 is 6.10 Å². The van der Waals surface area contributed by atoms with E-state index in [1.165, 1.54) is 4.68 Å². The van der Waals surface area contributed by atoms with E-state index in [-0.39, 0.29) is 30.3 Å². The second-order valence-corrected chi connectivity index (χ2v) is 7.47. The summed E-state index contributed by atoms with van der Waals surface area (Å²) in [6, 6.07) is 14.3. The van der Waals surface area contributed by atoms with Crippen LogP contribution in [0.2, 0.25) is 0 Å². The number of carbonyl (C=O) groups excluding carboxylic acids is 2. The van der Waals surface area contributed by atoms with Gasteiger partial charge in [-0.3, -0.25) is 14.4 Å². The van der Waals surface area contributed by atoms with Gasteiger partial charge in [-0.1, -0.05) is 37.3 Å². The minimum absolute atomic E-state index is 0.00767. The number of nitrogens with zero attached hydrogens (tertiary/aromatic N) is 3. The van der Waals surface area contributed by atoms with E-state index in [0.717, 1.165) is 6.42 Å². The van der Waals surface area contributed by atoms with E-state index in [2.05, 4.69) is 10.4 Å². The molecule has 2 heterocycles. The van der Waals surface area contributed by atoms with Crippen LogP contribution < -0.4 is 20.5 Å². The first-order chi connectivity index (χ1) is 15.0. The van der Waals surface area contributed by atoms with Crippen molar-refractivity contribution in [3.63, 3.8) is 0 Å². The number of aromatic nitrogens is 2. The highest BCUT2D eigenvalue weighted by molar-refractivity contribution is 6.00. The fraction of sp³-hybridized carbons (Fsp3) is 0.304. The molecule has 8 heteroatoms. The number of amides is 2. The van der Waals surface area contributed by atoms with Crippen molar-refractivity contribution in [2.75, 3.05) is 18.0 Å². The van der Waals surface area contributed by atoms with Gasteiger partial charge in [-0.2, -0.15) is 5.10 Å². The number of anilines is 1. The third-order valence-electron chi connectivity index (χ3n) is 5.27. The van der Waals surface area contributed by atoms with Gasteiger partial charge in [-0.15, -0.1) is 0 Å². The van der Waals surface area contributed by atoms with Crippen LogP contribution in [-0.4, -0.2) is 40.8 Å². The molecule has 2 amide bonds. The number of para-hydroxylation sites is 2. The van der Waals surface area contributed by atoms with E-state index in [4.69, 9.17) is 4.74 Å². The maximum absolute atomic E-state index is 13.4. The largest absolute Gasteiger partial charge is 0.477 e. The molecule has 160 valence electrons. The Labute approximate surface area is 179 Å². The summed E-state index contributed by atoms with van der Waals surface area (Å²) in [5.74, 6) is 0.0113. The molecule has 0 unspecified atom stereocenters. The van der Waals surface area contributed by atoms with Crippen LogP contribution in [0.5, 0.6) is 5.75 Å². The van der Waals surface area contributed by atoms with Crippen molar-refractivity contribution >= 4 is 28.3 Å². The van der Waals surface area contributed by atoms with Crippen LogP contribution in [0, 0.1) is 0 Å². The molecular weight excluding hydrogens is 396 g/mol. The molecule has 1 aliphatic rings. The van der Waals surface area contributed by atoms with E-state index in [9.17, 15) is 14.4 Å². The molecule has 0 aliphatic carbocycles. The number of fused-ring (bicyclic) bond motifs is 2. The lowest BCUT2D eigenvalue weighted by Crippen LogP contribution is -2.51. The van der Waals surface area contributed by atoms with Gasteiger partial charge in [-0.25, -0.2) is 4.68 Å². The molecule has 4 rings (SSSR count). The molecule has 8 nitrogen and oxygen atoms in total. The highest BCUT2D eigenvalue weighted by Gasteiger charge is 2.34. The number of nitrogens with one attached hydrogen (secondary N) is 1. The Bertz CT molecular complexity index is 1200. The Hall–Kier alpha value is -3.68. The van der Waals surface area contributed by atoms with Gasteiger partial charge in [-0.05, 0) is 24.6 Å². The molecule has 0 saturated heterocycles. The standard InChI is InChI=1S/C23H24N4O4/c1-3-12-24-22(29)20-14-27(18-10-6-7-11-19(18)31-20)21(28)13-17-15-8-4-5-9-16(15)23(30)26(2)25-17/h4-11,20H,3,12-14H2,1-2H3,(H,24,29)/t20-/m0/s1. The fourth-order valence-corrected chi connectivity index (χ4v) is 3.71. The number of rotatable bonds is 5. The topological polar surface area (TPSA) is 93.5 Å². The van der Waals surface area contributed by atoms with Gasteiger partial charge in [0, 0.05) is 19.0 Å². The lowest BCUT2D eigenvalue weighted by Gasteiger charge is -2.34. The number of hydrogen-bond acceptors (Lipinski definition) is 5. The molecule has 1 aliphatic heterocycles. The first kappa shape index (κ1) is 20.6. The number of benzene rings is 2. The lowest BCUT2D eigenvalue weighted by atomic mass is 10.1. The zero-order valence-electron chi connectivity index (χ0n) is 17.5. The Morgan fingerprint density at radius 1 is 1.13 bits per heavy atom. The lowest BCUT2D eigenvalue weighted by molar-refractivity contribution is -0.128. The summed E-state index contributed by atoms with van der Waals surface area (Å²) < 4.78 is 7.11. The average molecular weight is 420 g/mol. The number of carbonyl (C=O) groups is 2. The van der Waals surface area contributed by atoms with Gasteiger partial charge in [0.1, 0.15) is 5.75 Å². The smallest absolute Gasteiger partial charge is 0.274 e. The van der Waals surface area contributed by atoms with Gasteiger partial charge in [0.15, 0.2) is 6.10 Å². The summed E-state index contributed by atoms with van der Waals surface area (Å²) in [6.45, 7) is 2.62. The van der Waals surface area contributed by atoms with Crippen molar-refractivity contribution in [2.24, 2.45) is 7.05 Å². The SMILES string of the molecule is CCCNC(=O)[C@@H]1CN(C(=O)Cc2nn(C)c(=O)c3ccccc23)c2ccccc2O1. The van der Waals surface area contributed by atoms with Crippen molar-refractivity contribution in [1.29, 1.82) is 0 Å². The predicted molar refractivity (Wildman–Crippen MR) is 117 cm³/mol. The second-order valence-electron chi connectivity index (χ2n) is 7.47. The van der Waals surface area contributed by atoms with E-state index >= 15 is 0 Å². The van der Waals surface area contributed by atoms with Crippen molar-refractivity contribution < 1.29 is 14.3 Å². The normalized spacial score (nSPS) is 15.3. The van der Waals surface area contributed by atoms with Gasteiger partial charge in [0.2, 0.25) is 5.91 Å². The zero-order valence-corrected chi connectivity index (χ0v) is 17.5. The molecule has 0 radical (unpaired) electrons. The van der Waals surface area contributed by atoms with Crippen molar-refractivity contribution in [2.45, 2.75) is 25.9 Å². The van der Waals surface area contributed by atoms with Crippen LogP contribution in [0.4, 0.5) is 5.69 Å². The summed E-state index contributed by atoms with van der Waals surface area (Å²) >= 11 is 0.